The van der Waals surface area contributed by atoms with Gasteiger partial charge < -0.3 is 20.4 Å². The van der Waals surface area contributed by atoms with Crippen molar-refractivity contribution >= 4 is 46.3 Å². The number of likely N-dealkylation sites (tertiary alicyclic amines) is 1. The quantitative estimate of drug-likeness (QED) is 0.452. The van der Waals surface area contributed by atoms with Gasteiger partial charge in [-0.1, -0.05) is 11.6 Å². The van der Waals surface area contributed by atoms with E-state index in [-0.39, 0.29) is 39.9 Å². The standard InChI is InChI=1S/C25H27ClF2N10O/c1-14(39)37-12-18(13-37)35-4-6-36(7-5-35)20-9-15(22(27)28)8-19(21(20)26)32-25-33-23(31-16-2-3-16)24-30-11-17(10-29)38(24)34-25/h8-9,11,16,18,22H,2-7,12-13H2,1H3,(H2,31,32,33,34). The molecule has 4 heterocycles. The third kappa shape index (κ3) is 5.02. The molecule has 1 saturated carbocycles. The molecule has 2 saturated heterocycles. The van der Waals surface area contributed by atoms with Crippen LogP contribution < -0.4 is 15.5 Å². The highest BCUT2D eigenvalue weighted by Gasteiger charge is 2.35. The number of piperazine rings is 1. The molecular weight excluding hydrogens is 530 g/mol. The van der Waals surface area contributed by atoms with Crippen molar-refractivity contribution in [1.82, 2.24) is 29.4 Å². The smallest absolute Gasteiger partial charge is 0.264 e. The van der Waals surface area contributed by atoms with Crippen LogP contribution in [0.4, 0.5) is 31.9 Å². The lowest BCUT2D eigenvalue weighted by Crippen LogP contribution is -2.64. The Bertz CT molecular complexity index is 1460. The van der Waals surface area contributed by atoms with Crippen molar-refractivity contribution in [1.29, 1.82) is 5.26 Å². The summed E-state index contributed by atoms with van der Waals surface area (Å²) in [4.78, 5) is 26.4. The van der Waals surface area contributed by atoms with Gasteiger partial charge >= 0.3 is 0 Å². The highest BCUT2D eigenvalue weighted by atomic mass is 35.5. The summed E-state index contributed by atoms with van der Waals surface area (Å²) in [6.45, 7) is 5.71. The second-order valence-corrected chi connectivity index (χ2v) is 10.5. The van der Waals surface area contributed by atoms with Gasteiger partial charge in [0.25, 0.3) is 6.43 Å². The molecule has 39 heavy (non-hydrogen) atoms. The third-order valence-electron chi connectivity index (χ3n) is 7.45. The fraction of sp³-hybridized carbons (Fsp3) is 0.480. The lowest BCUT2D eigenvalue weighted by molar-refractivity contribution is -0.136. The van der Waals surface area contributed by atoms with Gasteiger partial charge in [0.15, 0.2) is 17.2 Å². The van der Waals surface area contributed by atoms with Gasteiger partial charge in [-0.25, -0.2) is 13.8 Å². The van der Waals surface area contributed by atoms with Crippen LogP contribution in [-0.4, -0.2) is 86.6 Å². The maximum Gasteiger partial charge on any atom is 0.264 e. The number of alkyl halides is 2. The Morgan fingerprint density at radius 3 is 2.59 bits per heavy atom. The first-order chi connectivity index (χ1) is 18.8. The third-order valence-corrected chi connectivity index (χ3v) is 7.85. The first-order valence-corrected chi connectivity index (χ1v) is 13.2. The van der Waals surface area contributed by atoms with Gasteiger partial charge in [-0.15, -0.1) is 5.10 Å². The van der Waals surface area contributed by atoms with Crippen molar-refractivity contribution < 1.29 is 13.6 Å². The molecule has 2 N–H and O–H groups in total. The summed E-state index contributed by atoms with van der Waals surface area (Å²) in [6.07, 6.45) is 0.707. The van der Waals surface area contributed by atoms with E-state index in [1.54, 1.807) is 6.92 Å². The molecule has 1 aliphatic carbocycles. The van der Waals surface area contributed by atoms with Crippen molar-refractivity contribution in [3.63, 3.8) is 0 Å². The number of hydrogen-bond acceptors (Lipinski definition) is 9. The predicted molar refractivity (Wildman–Crippen MR) is 142 cm³/mol. The molecule has 0 atom stereocenters. The molecule has 1 amide bonds. The van der Waals surface area contributed by atoms with Crippen LogP contribution >= 0.6 is 11.6 Å². The van der Waals surface area contributed by atoms with E-state index in [1.165, 1.54) is 22.8 Å². The molecule has 3 fully saturated rings. The molecule has 0 bridgehead atoms. The average molecular weight is 557 g/mol. The molecular formula is C25H27ClF2N10O. The van der Waals surface area contributed by atoms with Gasteiger partial charge in [0.1, 0.15) is 6.07 Å². The summed E-state index contributed by atoms with van der Waals surface area (Å²) in [5.74, 6) is 0.633. The van der Waals surface area contributed by atoms with Crippen molar-refractivity contribution in [2.75, 3.05) is 54.8 Å². The van der Waals surface area contributed by atoms with Crippen LogP contribution in [0.5, 0.6) is 0 Å². The van der Waals surface area contributed by atoms with Crippen molar-refractivity contribution in [3.8, 4) is 6.07 Å². The first kappa shape index (κ1) is 25.5. The fourth-order valence-corrected chi connectivity index (χ4v) is 5.27. The van der Waals surface area contributed by atoms with E-state index in [2.05, 4.69) is 36.7 Å². The van der Waals surface area contributed by atoms with Crippen molar-refractivity contribution in [2.24, 2.45) is 0 Å². The lowest BCUT2D eigenvalue weighted by atomic mass is 10.1. The number of hydrogen-bond donors (Lipinski definition) is 2. The summed E-state index contributed by atoms with van der Waals surface area (Å²) in [5.41, 5.74) is 1.21. The summed E-state index contributed by atoms with van der Waals surface area (Å²) < 4.78 is 29.3. The number of carbonyl (C=O) groups is 1. The Morgan fingerprint density at radius 1 is 1.21 bits per heavy atom. The molecule has 0 spiro atoms. The fourth-order valence-electron chi connectivity index (χ4n) is 5.00. The molecule has 3 aromatic rings. The Labute approximate surface area is 228 Å². The molecule has 11 nitrogen and oxygen atoms in total. The number of nitrogens with one attached hydrogen (secondary N) is 2. The topological polar surface area (TPSA) is 118 Å². The van der Waals surface area contributed by atoms with Crippen LogP contribution in [0.1, 0.15) is 37.4 Å². The molecule has 6 rings (SSSR count). The van der Waals surface area contributed by atoms with E-state index in [4.69, 9.17) is 11.6 Å². The molecule has 1 aromatic carbocycles. The average Bonchev–Trinajstić information content (AvgIpc) is 3.60. The second kappa shape index (κ2) is 10.1. The number of aromatic nitrogens is 4. The SMILES string of the molecule is CC(=O)N1CC(N2CCN(c3cc(C(F)F)cc(Nc4nc(NC5CC5)c5ncc(C#N)n5n4)c3Cl)CC2)C1. The number of nitriles is 1. The number of rotatable bonds is 7. The van der Waals surface area contributed by atoms with Crippen molar-refractivity contribution in [2.45, 2.75) is 38.3 Å². The number of halogens is 3. The van der Waals surface area contributed by atoms with E-state index in [0.29, 0.717) is 36.3 Å². The Kier molecular flexibility index (Phi) is 6.60. The highest BCUT2D eigenvalue weighted by Crippen LogP contribution is 2.39. The minimum absolute atomic E-state index is 0.0796. The van der Waals surface area contributed by atoms with Gasteiger partial charge in [-0.05, 0) is 25.0 Å². The number of amides is 1. The van der Waals surface area contributed by atoms with E-state index < -0.39 is 6.43 Å². The van der Waals surface area contributed by atoms with Gasteiger partial charge in [-0.2, -0.15) is 14.8 Å². The largest absolute Gasteiger partial charge is 0.368 e. The Morgan fingerprint density at radius 2 is 1.95 bits per heavy atom. The summed E-state index contributed by atoms with van der Waals surface area (Å²) in [6, 6.07) is 5.38. The van der Waals surface area contributed by atoms with Gasteiger partial charge in [0, 0.05) is 63.8 Å². The van der Waals surface area contributed by atoms with Crippen LogP contribution in [0.2, 0.25) is 5.02 Å². The maximum absolute atomic E-state index is 13.9. The second-order valence-electron chi connectivity index (χ2n) is 10.1. The van der Waals surface area contributed by atoms with Crippen molar-refractivity contribution in [3.05, 3.63) is 34.6 Å². The highest BCUT2D eigenvalue weighted by molar-refractivity contribution is 6.36. The maximum atomic E-state index is 13.9. The molecule has 204 valence electrons. The van der Waals surface area contributed by atoms with E-state index in [9.17, 15) is 18.8 Å². The number of anilines is 4. The monoisotopic (exact) mass is 556 g/mol. The van der Waals surface area contributed by atoms with Crippen LogP contribution in [0.15, 0.2) is 18.3 Å². The van der Waals surface area contributed by atoms with E-state index >= 15 is 0 Å². The van der Waals surface area contributed by atoms with Gasteiger partial charge in [-0.3, -0.25) is 9.69 Å². The number of fused-ring (bicyclic) bond motifs is 1. The minimum Gasteiger partial charge on any atom is -0.368 e. The summed E-state index contributed by atoms with van der Waals surface area (Å²) >= 11 is 6.80. The van der Waals surface area contributed by atoms with Gasteiger partial charge in [0.05, 0.1) is 22.6 Å². The summed E-state index contributed by atoms with van der Waals surface area (Å²) in [7, 11) is 0. The van der Waals surface area contributed by atoms with Crippen LogP contribution in [0, 0.1) is 11.3 Å². The minimum atomic E-state index is -2.70. The molecule has 0 radical (unpaired) electrons. The van der Waals surface area contributed by atoms with E-state index in [0.717, 1.165) is 39.0 Å². The van der Waals surface area contributed by atoms with E-state index in [1.807, 2.05) is 9.80 Å². The zero-order valence-corrected chi connectivity index (χ0v) is 22.0. The Hall–Kier alpha value is -3.76. The molecule has 14 heteroatoms. The number of carbonyl (C=O) groups excluding carboxylic acids is 1. The normalized spacial score (nSPS) is 18.4. The predicted octanol–water partition coefficient (Wildman–Crippen LogP) is 3.26. The first-order valence-electron chi connectivity index (χ1n) is 12.9. The molecule has 2 aromatic heterocycles. The Balaban J connectivity index is 1.26. The zero-order valence-electron chi connectivity index (χ0n) is 21.2. The number of benzene rings is 1. The molecule has 0 unspecified atom stereocenters. The number of nitrogens with zero attached hydrogens (tertiary/aromatic N) is 8. The zero-order chi connectivity index (χ0) is 27.3. The van der Waals surface area contributed by atoms with Crippen LogP contribution in [0.3, 0.4) is 0 Å². The van der Waals surface area contributed by atoms with Crippen LogP contribution in [-0.2, 0) is 4.79 Å². The van der Waals surface area contributed by atoms with Gasteiger partial charge in [0.2, 0.25) is 11.9 Å². The van der Waals surface area contributed by atoms with Crippen LogP contribution in [0.25, 0.3) is 5.65 Å². The molecule has 3 aliphatic rings. The lowest BCUT2D eigenvalue weighted by Gasteiger charge is -2.48. The number of imidazole rings is 1. The summed E-state index contributed by atoms with van der Waals surface area (Å²) in [5, 5.41) is 20.5. The molecule has 2 aliphatic heterocycles.